The average molecular weight is 203 g/mol. The van der Waals surface area contributed by atoms with Crippen molar-refractivity contribution in [3.63, 3.8) is 0 Å². The highest BCUT2D eigenvalue weighted by molar-refractivity contribution is 4.82. The van der Waals surface area contributed by atoms with Crippen LogP contribution in [0.15, 0.2) is 0 Å². The predicted molar refractivity (Wildman–Crippen MR) is 53.8 cm³/mol. The van der Waals surface area contributed by atoms with Gasteiger partial charge >= 0.3 is 0 Å². The van der Waals surface area contributed by atoms with E-state index < -0.39 is 0 Å². The van der Waals surface area contributed by atoms with E-state index in [1.807, 2.05) is 19.0 Å². The number of methoxy groups -OCH3 is 1. The summed E-state index contributed by atoms with van der Waals surface area (Å²) in [5.41, 5.74) is 0. The number of rotatable bonds is 6. The molecule has 0 saturated carbocycles. The van der Waals surface area contributed by atoms with Gasteiger partial charge in [0.25, 0.3) is 0 Å². The van der Waals surface area contributed by atoms with Gasteiger partial charge in [-0.2, -0.15) is 0 Å². The molecule has 14 heavy (non-hydrogen) atoms. The molecule has 4 nitrogen and oxygen atoms in total. The molecule has 0 radical (unpaired) electrons. The number of epoxide rings is 1. The van der Waals surface area contributed by atoms with Crippen LogP contribution >= 0.6 is 0 Å². The normalized spacial score (nSPS) is 30.4. The van der Waals surface area contributed by atoms with Gasteiger partial charge in [0, 0.05) is 7.11 Å². The summed E-state index contributed by atoms with van der Waals surface area (Å²) in [6.45, 7) is 2.13. The zero-order valence-corrected chi connectivity index (χ0v) is 9.43. The molecule has 1 rings (SSSR count). The minimum absolute atomic E-state index is 0.0125. The van der Waals surface area contributed by atoms with Gasteiger partial charge in [0.05, 0.1) is 0 Å². The van der Waals surface area contributed by atoms with Crippen molar-refractivity contribution in [2.45, 2.75) is 38.4 Å². The van der Waals surface area contributed by atoms with E-state index in [1.165, 1.54) is 0 Å². The first-order chi connectivity index (χ1) is 6.56. The molecule has 0 aromatic carbocycles. The summed E-state index contributed by atoms with van der Waals surface area (Å²) < 4.78 is 10.4. The second kappa shape index (κ2) is 5.07. The summed E-state index contributed by atoms with van der Waals surface area (Å²) in [4.78, 5) is 1.81. The Hall–Kier alpha value is -0.160. The lowest BCUT2D eigenvalue weighted by Crippen LogP contribution is -2.28. The van der Waals surface area contributed by atoms with E-state index in [0.717, 1.165) is 12.8 Å². The molecule has 1 saturated heterocycles. The molecule has 0 bridgehead atoms. The predicted octanol–water partition coefficient (Wildman–Crippen LogP) is 0.654. The SMILES string of the molecule is COC1OC1C(C)CCC(O)N(C)C. The lowest BCUT2D eigenvalue weighted by molar-refractivity contribution is 0.0277. The minimum atomic E-state index is -0.350. The third kappa shape index (κ3) is 3.20. The van der Waals surface area contributed by atoms with Gasteiger partial charge in [-0.15, -0.1) is 0 Å². The molecule has 4 unspecified atom stereocenters. The maximum absolute atomic E-state index is 9.55. The highest BCUT2D eigenvalue weighted by Crippen LogP contribution is 2.32. The number of ether oxygens (including phenoxy) is 2. The van der Waals surface area contributed by atoms with E-state index in [0.29, 0.717) is 5.92 Å². The molecule has 4 atom stereocenters. The first-order valence-electron chi connectivity index (χ1n) is 5.09. The summed E-state index contributed by atoms with van der Waals surface area (Å²) in [5, 5.41) is 9.55. The number of nitrogens with zero attached hydrogens (tertiary/aromatic N) is 1. The molecule has 0 aromatic rings. The molecule has 4 heteroatoms. The highest BCUT2D eigenvalue weighted by Gasteiger charge is 2.43. The van der Waals surface area contributed by atoms with Crippen molar-refractivity contribution < 1.29 is 14.6 Å². The fourth-order valence-corrected chi connectivity index (χ4v) is 1.54. The number of aliphatic hydroxyl groups is 1. The van der Waals surface area contributed by atoms with Gasteiger partial charge in [0.15, 0.2) is 6.29 Å². The van der Waals surface area contributed by atoms with Crippen LogP contribution in [0.1, 0.15) is 19.8 Å². The number of aliphatic hydroxyl groups excluding tert-OH is 1. The van der Waals surface area contributed by atoms with Crippen molar-refractivity contribution in [1.82, 2.24) is 4.90 Å². The molecule has 1 aliphatic heterocycles. The molecule has 0 amide bonds. The monoisotopic (exact) mass is 203 g/mol. The lowest BCUT2D eigenvalue weighted by Gasteiger charge is -2.19. The fourth-order valence-electron chi connectivity index (χ4n) is 1.54. The Morgan fingerprint density at radius 3 is 2.50 bits per heavy atom. The molecule has 1 heterocycles. The van der Waals surface area contributed by atoms with Crippen LogP contribution in [0.25, 0.3) is 0 Å². The zero-order chi connectivity index (χ0) is 10.7. The highest BCUT2D eigenvalue weighted by atomic mass is 16.8. The summed E-state index contributed by atoms with van der Waals surface area (Å²) in [6.07, 6.45) is 1.61. The molecule has 1 aliphatic rings. The summed E-state index contributed by atoms with van der Waals surface area (Å²) in [7, 11) is 5.41. The van der Waals surface area contributed by atoms with Crippen molar-refractivity contribution >= 4 is 0 Å². The molecule has 0 aliphatic carbocycles. The number of hydrogen-bond donors (Lipinski definition) is 1. The Bertz CT molecular complexity index is 175. The van der Waals surface area contributed by atoms with Crippen molar-refractivity contribution in [3.8, 4) is 0 Å². The van der Waals surface area contributed by atoms with E-state index >= 15 is 0 Å². The summed E-state index contributed by atoms with van der Waals surface area (Å²) in [6, 6.07) is 0. The lowest BCUT2D eigenvalue weighted by atomic mass is 10.0. The maximum atomic E-state index is 9.55. The van der Waals surface area contributed by atoms with Crippen molar-refractivity contribution in [2.75, 3.05) is 21.2 Å². The molecule has 0 aromatic heterocycles. The van der Waals surface area contributed by atoms with Gasteiger partial charge in [0.2, 0.25) is 0 Å². The first-order valence-corrected chi connectivity index (χ1v) is 5.09. The van der Waals surface area contributed by atoms with Crippen LogP contribution in [0, 0.1) is 5.92 Å². The van der Waals surface area contributed by atoms with Gasteiger partial charge in [-0.25, -0.2) is 0 Å². The Kier molecular flexibility index (Phi) is 4.31. The first kappa shape index (κ1) is 11.9. The fraction of sp³-hybridized carbons (Fsp3) is 1.00. The van der Waals surface area contributed by atoms with Crippen LogP contribution < -0.4 is 0 Å². The Morgan fingerprint density at radius 1 is 1.43 bits per heavy atom. The van der Waals surface area contributed by atoms with Gasteiger partial charge in [-0.3, -0.25) is 4.90 Å². The molecular formula is C10H21NO3. The van der Waals surface area contributed by atoms with Crippen LogP contribution in [0.4, 0.5) is 0 Å². The van der Waals surface area contributed by atoms with E-state index in [1.54, 1.807) is 7.11 Å². The Labute approximate surface area is 85.8 Å². The van der Waals surface area contributed by atoms with Crippen molar-refractivity contribution in [1.29, 1.82) is 0 Å². The molecule has 1 fully saturated rings. The Balaban J connectivity index is 2.13. The Morgan fingerprint density at radius 2 is 2.07 bits per heavy atom. The molecular weight excluding hydrogens is 182 g/mol. The van der Waals surface area contributed by atoms with Crippen LogP contribution in [0.2, 0.25) is 0 Å². The van der Waals surface area contributed by atoms with Gasteiger partial charge < -0.3 is 14.6 Å². The van der Waals surface area contributed by atoms with Crippen molar-refractivity contribution in [3.05, 3.63) is 0 Å². The maximum Gasteiger partial charge on any atom is 0.184 e. The molecule has 0 spiro atoms. The van der Waals surface area contributed by atoms with Gasteiger partial charge in [0.1, 0.15) is 12.3 Å². The van der Waals surface area contributed by atoms with E-state index in [-0.39, 0.29) is 18.6 Å². The van der Waals surface area contributed by atoms with Gasteiger partial charge in [-0.05, 0) is 32.9 Å². The van der Waals surface area contributed by atoms with Crippen LogP contribution in [-0.4, -0.2) is 49.8 Å². The largest absolute Gasteiger partial charge is 0.378 e. The van der Waals surface area contributed by atoms with E-state index in [4.69, 9.17) is 9.47 Å². The van der Waals surface area contributed by atoms with Crippen LogP contribution in [0.5, 0.6) is 0 Å². The third-order valence-electron chi connectivity index (χ3n) is 2.75. The zero-order valence-electron chi connectivity index (χ0n) is 9.43. The summed E-state index contributed by atoms with van der Waals surface area (Å²) >= 11 is 0. The van der Waals surface area contributed by atoms with E-state index in [2.05, 4.69) is 6.92 Å². The molecule has 84 valence electrons. The number of hydrogen-bond acceptors (Lipinski definition) is 4. The second-order valence-corrected chi connectivity index (χ2v) is 4.20. The second-order valence-electron chi connectivity index (χ2n) is 4.20. The van der Waals surface area contributed by atoms with Crippen LogP contribution in [-0.2, 0) is 9.47 Å². The van der Waals surface area contributed by atoms with Crippen LogP contribution in [0.3, 0.4) is 0 Å². The summed E-state index contributed by atoms with van der Waals surface area (Å²) in [5.74, 6) is 0.453. The third-order valence-corrected chi connectivity index (χ3v) is 2.75. The minimum Gasteiger partial charge on any atom is -0.378 e. The van der Waals surface area contributed by atoms with Gasteiger partial charge in [-0.1, -0.05) is 6.92 Å². The standard InChI is InChI=1S/C10H21NO3/c1-7(9-10(13-4)14-9)5-6-8(12)11(2)3/h7-10,12H,5-6H2,1-4H3. The topological polar surface area (TPSA) is 45.2 Å². The van der Waals surface area contributed by atoms with Crippen molar-refractivity contribution in [2.24, 2.45) is 5.92 Å². The van der Waals surface area contributed by atoms with E-state index in [9.17, 15) is 5.11 Å². The molecule has 1 N–H and O–H groups in total. The average Bonchev–Trinajstić information content (AvgIpc) is 2.92. The smallest absolute Gasteiger partial charge is 0.184 e. The quantitative estimate of drug-likeness (QED) is 0.508.